The van der Waals surface area contributed by atoms with Gasteiger partial charge >= 0.3 is 12.1 Å². The maximum absolute atomic E-state index is 13.4. The Balaban J connectivity index is 1.22. The second-order valence-corrected chi connectivity index (χ2v) is 10.9. The molecule has 5 aromatic rings. The van der Waals surface area contributed by atoms with Crippen molar-refractivity contribution >= 4 is 23.0 Å². The van der Waals surface area contributed by atoms with Crippen molar-refractivity contribution in [2.24, 2.45) is 0 Å². The Morgan fingerprint density at radius 1 is 0.956 bits per heavy atom. The number of hydrogen-bond donors (Lipinski definition) is 1. The lowest BCUT2D eigenvalue weighted by Gasteiger charge is -2.22. The zero-order valence-corrected chi connectivity index (χ0v) is 25.3. The fourth-order valence-electron chi connectivity index (χ4n) is 5.79. The van der Waals surface area contributed by atoms with Gasteiger partial charge in [-0.3, -0.25) is 0 Å². The van der Waals surface area contributed by atoms with Crippen LogP contribution in [0.2, 0.25) is 0 Å². The summed E-state index contributed by atoms with van der Waals surface area (Å²) in [6.07, 6.45) is 2.72. The lowest BCUT2D eigenvalue weighted by molar-refractivity contribution is -0.0914. The van der Waals surface area contributed by atoms with Crippen molar-refractivity contribution in [2.75, 3.05) is 6.61 Å². The minimum atomic E-state index is -1.12. The van der Waals surface area contributed by atoms with E-state index in [0.717, 1.165) is 59.7 Å². The first-order valence-corrected chi connectivity index (χ1v) is 15.3. The van der Waals surface area contributed by atoms with Gasteiger partial charge in [0.2, 0.25) is 12.1 Å². The van der Waals surface area contributed by atoms with Crippen molar-refractivity contribution in [3.05, 3.63) is 83.9 Å². The molecule has 3 aromatic carbocycles. The molecule has 0 saturated heterocycles. The molecule has 45 heavy (non-hydrogen) atoms. The summed E-state index contributed by atoms with van der Waals surface area (Å²) in [4.78, 5) is 25.7. The highest BCUT2D eigenvalue weighted by atomic mass is 16.8. The number of H-pyrrole nitrogens is 1. The predicted molar refractivity (Wildman–Crippen MR) is 167 cm³/mol. The van der Waals surface area contributed by atoms with Crippen LogP contribution in [-0.2, 0) is 20.8 Å². The molecular formula is C34H35N5O6. The lowest BCUT2D eigenvalue weighted by Crippen LogP contribution is -2.26. The highest BCUT2D eigenvalue weighted by Crippen LogP contribution is 2.32. The van der Waals surface area contributed by atoms with Gasteiger partial charge in [-0.2, -0.15) is 5.21 Å². The molecule has 1 aliphatic carbocycles. The molecule has 2 heterocycles. The number of aromatic amines is 1. The van der Waals surface area contributed by atoms with Crippen LogP contribution in [0, 0.1) is 0 Å². The second kappa shape index (κ2) is 13.6. The first-order chi connectivity index (χ1) is 22.0. The molecule has 0 spiro atoms. The molecule has 1 aliphatic rings. The van der Waals surface area contributed by atoms with Crippen molar-refractivity contribution in [3.8, 4) is 28.4 Å². The molecule has 6 rings (SSSR count). The van der Waals surface area contributed by atoms with Gasteiger partial charge < -0.3 is 23.5 Å². The Labute approximate surface area is 260 Å². The summed E-state index contributed by atoms with van der Waals surface area (Å²) in [6, 6.07) is 23.4. The molecule has 1 atom stereocenters. The average molecular weight is 610 g/mol. The first-order valence-electron chi connectivity index (χ1n) is 15.3. The summed E-state index contributed by atoms with van der Waals surface area (Å²) in [5.74, 6) is 0.532. The Kier molecular flexibility index (Phi) is 9.04. The van der Waals surface area contributed by atoms with Crippen LogP contribution in [0.25, 0.3) is 33.4 Å². The Morgan fingerprint density at radius 3 is 2.47 bits per heavy atom. The number of ether oxygens (including phenoxy) is 4. The molecule has 232 valence electrons. The largest absolute Gasteiger partial charge is 0.511 e. The molecule has 0 aliphatic heterocycles. The summed E-state index contributed by atoms with van der Waals surface area (Å²) in [5.41, 5.74) is 4.85. The van der Waals surface area contributed by atoms with Gasteiger partial charge in [-0.05, 0) is 60.6 Å². The van der Waals surface area contributed by atoms with Crippen LogP contribution in [0.15, 0.2) is 72.8 Å². The highest BCUT2D eigenvalue weighted by molar-refractivity contribution is 6.04. The van der Waals surface area contributed by atoms with Crippen molar-refractivity contribution in [2.45, 2.75) is 64.9 Å². The van der Waals surface area contributed by atoms with E-state index in [0.29, 0.717) is 35.9 Å². The van der Waals surface area contributed by atoms with Gasteiger partial charge in [0.25, 0.3) is 0 Å². The van der Waals surface area contributed by atoms with Gasteiger partial charge in [0, 0.05) is 23.9 Å². The lowest BCUT2D eigenvalue weighted by atomic mass is 9.98. The van der Waals surface area contributed by atoms with Gasteiger partial charge in [-0.1, -0.05) is 67.1 Å². The molecule has 1 N–H and O–H groups in total. The number of carbonyl (C=O) groups excluding carboxylic acids is 2. The van der Waals surface area contributed by atoms with Crippen LogP contribution >= 0.6 is 0 Å². The smallest absolute Gasteiger partial charge is 0.479 e. The second-order valence-electron chi connectivity index (χ2n) is 10.9. The van der Waals surface area contributed by atoms with Gasteiger partial charge in [0.05, 0.1) is 24.2 Å². The molecule has 2 aromatic heterocycles. The van der Waals surface area contributed by atoms with Gasteiger partial charge in [-0.25, -0.2) is 9.59 Å². The summed E-state index contributed by atoms with van der Waals surface area (Å²) >= 11 is 0. The Bertz CT molecular complexity index is 1760. The van der Waals surface area contributed by atoms with E-state index < -0.39 is 18.4 Å². The summed E-state index contributed by atoms with van der Waals surface area (Å²) < 4.78 is 24.2. The minimum Gasteiger partial charge on any atom is -0.479 e. The number of rotatable bonds is 10. The van der Waals surface area contributed by atoms with Gasteiger partial charge in [-0.15, -0.1) is 10.2 Å². The minimum absolute atomic E-state index is 0.155. The fraction of sp³-hybridized carbons (Fsp3) is 0.324. The third kappa shape index (κ3) is 6.82. The molecule has 1 saturated carbocycles. The van der Waals surface area contributed by atoms with Crippen LogP contribution < -0.4 is 4.74 Å². The number of tetrazole rings is 1. The third-order valence-electron chi connectivity index (χ3n) is 7.86. The summed E-state index contributed by atoms with van der Waals surface area (Å²) in [7, 11) is 0. The molecular weight excluding hydrogens is 574 g/mol. The van der Waals surface area contributed by atoms with Crippen LogP contribution in [0.4, 0.5) is 4.79 Å². The number of fused-ring (bicyclic) bond motifs is 1. The Morgan fingerprint density at radius 2 is 1.73 bits per heavy atom. The molecule has 11 nitrogen and oxygen atoms in total. The van der Waals surface area contributed by atoms with Gasteiger partial charge in [0.15, 0.2) is 5.88 Å². The van der Waals surface area contributed by atoms with Crippen LogP contribution in [0.1, 0.15) is 61.9 Å². The number of benzene rings is 3. The third-order valence-corrected chi connectivity index (χ3v) is 7.86. The molecule has 1 unspecified atom stereocenters. The number of aromatic nitrogens is 5. The molecule has 0 radical (unpaired) electrons. The van der Waals surface area contributed by atoms with Crippen molar-refractivity contribution in [3.63, 3.8) is 0 Å². The van der Waals surface area contributed by atoms with Crippen LogP contribution in [0.3, 0.4) is 0 Å². The highest BCUT2D eigenvalue weighted by Gasteiger charge is 2.24. The van der Waals surface area contributed by atoms with E-state index >= 15 is 0 Å². The van der Waals surface area contributed by atoms with Crippen molar-refractivity contribution in [1.29, 1.82) is 0 Å². The monoisotopic (exact) mass is 609 g/mol. The number of esters is 1. The standard InChI is InChI=1S/C34H35N5O6/c1-3-42-30-20-25-10-9-15-29(33(40)43-22(2)44-34(41)45-26-11-5-4-6-12-26)31(25)39(30)21-23-16-18-24(19-17-23)27-13-7-8-14-28(27)32-35-37-38-36-32/h7-10,13-20,22,26H,3-6,11-12,21H2,1-2H3,(H,35,36,37,38). The maximum atomic E-state index is 13.4. The topological polar surface area (TPSA) is 130 Å². The zero-order valence-electron chi connectivity index (χ0n) is 25.3. The van der Waals surface area contributed by atoms with E-state index in [1.165, 1.54) is 6.92 Å². The summed E-state index contributed by atoms with van der Waals surface area (Å²) in [6.45, 7) is 4.31. The maximum Gasteiger partial charge on any atom is 0.511 e. The zero-order chi connectivity index (χ0) is 31.2. The molecule has 0 amide bonds. The Hall–Kier alpha value is -5.19. The van der Waals surface area contributed by atoms with Crippen LogP contribution in [0.5, 0.6) is 5.88 Å². The molecule has 1 fully saturated rings. The number of hydrogen-bond acceptors (Lipinski definition) is 9. The number of nitrogens with one attached hydrogen (secondary N) is 1. The van der Waals surface area contributed by atoms with Crippen LogP contribution in [-0.4, -0.2) is 56.3 Å². The fourth-order valence-corrected chi connectivity index (χ4v) is 5.79. The van der Waals surface area contributed by atoms with Crippen molar-refractivity contribution in [1.82, 2.24) is 25.2 Å². The van der Waals surface area contributed by atoms with E-state index in [4.69, 9.17) is 18.9 Å². The number of para-hydroxylation sites is 1. The van der Waals surface area contributed by atoms with E-state index in [2.05, 4.69) is 20.6 Å². The predicted octanol–water partition coefficient (Wildman–Crippen LogP) is 6.92. The molecule has 0 bridgehead atoms. The van der Waals surface area contributed by atoms with E-state index in [1.807, 2.05) is 72.2 Å². The van der Waals surface area contributed by atoms with E-state index in [1.54, 1.807) is 12.1 Å². The van der Waals surface area contributed by atoms with E-state index in [9.17, 15) is 9.59 Å². The SMILES string of the molecule is CCOc1cc2cccc(C(=O)OC(C)OC(=O)OC3CCCCC3)c2n1Cc1ccc(-c2ccccc2-c2nn[nH]n2)cc1. The summed E-state index contributed by atoms with van der Waals surface area (Å²) in [5, 5.41) is 15.3. The first kappa shape index (κ1) is 29.9. The van der Waals surface area contributed by atoms with Crippen molar-refractivity contribution < 1.29 is 28.5 Å². The molecule has 11 heteroatoms. The number of carbonyl (C=O) groups is 2. The quantitative estimate of drug-likeness (QED) is 0.132. The van der Waals surface area contributed by atoms with Gasteiger partial charge in [0.1, 0.15) is 6.10 Å². The average Bonchev–Trinajstić information content (AvgIpc) is 3.71. The van der Waals surface area contributed by atoms with E-state index in [-0.39, 0.29) is 6.10 Å². The number of nitrogens with zero attached hydrogens (tertiary/aromatic N) is 4. The normalized spacial score (nSPS) is 14.2.